The van der Waals surface area contributed by atoms with Crippen LogP contribution in [0.4, 0.5) is 0 Å². The Morgan fingerprint density at radius 1 is 0.604 bits per heavy atom. The number of rotatable bonds is 18. The summed E-state index contributed by atoms with van der Waals surface area (Å²) in [5.74, 6) is -4.29. The lowest BCUT2D eigenvalue weighted by molar-refractivity contribution is -0.139. The molecule has 2 aromatic carbocycles. The van der Waals surface area contributed by atoms with Crippen molar-refractivity contribution < 1.29 is 54.6 Å². The fourth-order valence-corrected chi connectivity index (χ4v) is 4.09. The summed E-state index contributed by atoms with van der Waals surface area (Å²) in [4.78, 5) is 51.1. The number of unbranched alkanes of at least 4 members (excludes halogenated alkanes) is 4. The summed E-state index contributed by atoms with van der Waals surface area (Å²) >= 11 is 1.98. The van der Waals surface area contributed by atoms with Gasteiger partial charge in [0.25, 0.3) is 0 Å². The van der Waals surface area contributed by atoms with E-state index in [1.165, 1.54) is 6.07 Å². The number of phenols is 1. The minimum Gasteiger partial charge on any atom is -0.507 e. The molecular formula is C32H49IN4O11. The van der Waals surface area contributed by atoms with Crippen molar-refractivity contribution in [2.24, 2.45) is 22.9 Å². The van der Waals surface area contributed by atoms with Gasteiger partial charge in [0.15, 0.2) is 0 Å². The summed E-state index contributed by atoms with van der Waals surface area (Å²) in [5.41, 5.74) is 22.9. The average molecular weight is 793 g/mol. The number of phenolic OH excluding ortho intramolecular Hbond substituents is 1. The van der Waals surface area contributed by atoms with Gasteiger partial charge in [-0.05, 0) is 90.9 Å². The van der Waals surface area contributed by atoms with Crippen molar-refractivity contribution in [3.8, 4) is 5.75 Å². The molecule has 14 N–H and O–H groups in total. The van der Waals surface area contributed by atoms with Gasteiger partial charge in [0, 0.05) is 12.8 Å². The molecule has 3 atom stereocenters. The molecule has 3 unspecified atom stereocenters. The SMILES string of the molecule is NC(Cc1ccc(O)c(I)c1)C(=O)O.NC(Cc1ccccc1)C(=O)O.NCCCCC(N)C(=O)O.O=C(O)CCCCCCC(=O)O. The molecule has 15 nitrogen and oxygen atoms in total. The van der Waals surface area contributed by atoms with E-state index >= 15 is 0 Å². The lowest BCUT2D eigenvalue weighted by Crippen LogP contribution is -2.32. The van der Waals surface area contributed by atoms with Crippen LogP contribution in [0.5, 0.6) is 5.75 Å². The first kappa shape index (κ1) is 46.3. The van der Waals surface area contributed by atoms with Crippen LogP contribution in [-0.2, 0) is 36.8 Å². The average Bonchev–Trinajstić information content (AvgIpc) is 3.02. The molecule has 270 valence electrons. The molecule has 0 aliphatic carbocycles. The van der Waals surface area contributed by atoms with E-state index in [2.05, 4.69) is 0 Å². The number of nitrogens with two attached hydrogens (primary N) is 4. The Balaban J connectivity index is 0. The zero-order chi connectivity index (χ0) is 37.1. The molecule has 0 radical (unpaired) electrons. The highest BCUT2D eigenvalue weighted by molar-refractivity contribution is 14.1. The van der Waals surface area contributed by atoms with Crippen LogP contribution >= 0.6 is 22.6 Å². The van der Waals surface area contributed by atoms with Gasteiger partial charge in [-0.25, -0.2) is 0 Å². The van der Waals surface area contributed by atoms with Gasteiger partial charge in [-0.3, -0.25) is 24.0 Å². The van der Waals surface area contributed by atoms with Crippen LogP contribution in [0.2, 0.25) is 0 Å². The number of hydrogen-bond donors (Lipinski definition) is 10. The van der Waals surface area contributed by atoms with E-state index in [0.29, 0.717) is 35.8 Å². The van der Waals surface area contributed by atoms with E-state index in [0.717, 1.165) is 36.8 Å². The number of aliphatic carboxylic acids is 5. The van der Waals surface area contributed by atoms with Crippen molar-refractivity contribution in [1.82, 2.24) is 0 Å². The van der Waals surface area contributed by atoms with Crippen molar-refractivity contribution in [2.75, 3.05) is 6.54 Å². The van der Waals surface area contributed by atoms with Gasteiger partial charge in [0.05, 0.1) is 3.57 Å². The predicted molar refractivity (Wildman–Crippen MR) is 187 cm³/mol. The molecule has 0 heterocycles. The van der Waals surface area contributed by atoms with Crippen LogP contribution < -0.4 is 22.9 Å². The second kappa shape index (κ2) is 28.2. The molecule has 0 aromatic heterocycles. The number of carboxylic acid groups (broad SMARTS) is 5. The highest BCUT2D eigenvalue weighted by atomic mass is 127. The maximum absolute atomic E-state index is 10.5. The Labute approximate surface area is 293 Å². The maximum Gasteiger partial charge on any atom is 0.320 e. The zero-order valence-corrected chi connectivity index (χ0v) is 28.9. The summed E-state index contributed by atoms with van der Waals surface area (Å²) in [6.07, 6.45) is 6.10. The van der Waals surface area contributed by atoms with E-state index in [1.807, 2.05) is 52.9 Å². The maximum atomic E-state index is 10.5. The van der Waals surface area contributed by atoms with Gasteiger partial charge < -0.3 is 53.6 Å². The number of benzene rings is 2. The van der Waals surface area contributed by atoms with E-state index in [1.54, 1.807) is 12.1 Å². The van der Waals surface area contributed by atoms with Crippen molar-refractivity contribution >= 4 is 52.4 Å². The molecule has 48 heavy (non-hydrogen) atoms. The first-order chi connectivity index (χ1) is 22.5. The minimum absolute atomic E-state index is 0.188. The Kier molecular flexibility index (Phi) is 27.2. The highest BCUT2D eigenvalue weighted by Gasteiger charge is 2.13. The molecule has 0 amide bonds. The molecule has 16 heteroatoms. The second-order valence-corrected chi connectivity index (χ2v) is 11.7. The summed E-state index contributed by atoms with van der Waals surface area (Å²) in [6, 6.07) is 11.9. The molecule has 0 fully saturated rings. The fourth-order valence-electron chi connectivity index (χ4n) is 3.51. The first-order valence-electron chi connectivity index (χ1n) is 15.1. The molecule has 0 spiro atoms. The lowest BCUT2D eigenvalue weighted by Gasteiger charge is -2.07. The van der Waals surface area contributed by atoms with Gasteiger partial charge in [0.1, 0.15) is 23.9 Å². The van der Waals surface area contributed by atoms with Crippen LogP contribution in [0.1, 0.15) is 68.9 Å². The summed E-state index contributed by atoms with van der Waals surface area (Å²) in [5, 5.41) is 51.2. The zero-order valence-electron chi connectivity index (χ0n) is 26.7. The van der Waals surface area contributed by atoms with Gasteiger partial charge in [0.2, 0.25) is 0 Å². The normalized spacial score (nSPS) is 11.9. The number of hydrogen-bond acceptors (Lipinski definition) is 10. The number of carboxylic acids is 5. The summed E-state index contributed by atoms with van der Waals surface area (Å²) in [6.45, 7) is 0.604. The summed E-state index contributed by atoms with van der Waals surface area (Å²) < 4.78 is 0.692. The quantitative estimate of drug-likeness (QED) is 0.0766. The lowest BCUT2D eigenvalue weighted by atomic mass is 10.1. The number of halogens is 1. The van der Waals surface area contributed by atoms with Crippen LogP contribution in [0.3, 0.4) is 0 Å². The Morgan fingerprint density at radius 3 is 1.46 bits per heavy atom. The molecular weight excluding hydrogens is 743 g/mol. The fraction of sp³-hybridized carbons (Fsp3) is 0.469. The molecule has 2 rings (SSSR count). The standard InChI is InChI=1S/C9H10INO3.C9H11NO2.C8H14O4.C6H14N2O2/c10-6-3-5(1-2-8(6)12)4-7(11)9(13)14;10-8(9(11)12)6-7-4-2-1-3-5-7;9-7(10)5-3-1-2-4-6-8(11)12;7-4-2-1-3-5(8)6(9)10/h1-3,7,12H,4,11H2,(H,13,14);1-5,8H,6,10H2,(H,11,12);1-6H2,(H,9,10)(H,11,12);5H,1-4,7-8H2,(H,9,10). The van der Waals surface area contributed by atoms with Crippen LogP contribution in [-0.4, -0.2) is 85.2 Å². The van der Waals surface area contributed by atoms with Gasteiger partial charge >= 0.3 is 29.8 Å². The van der Waals surface area contributed by atoms with Crippen LogP contribution in [0.15, 0.2) is 48.5 Å². The molecule has 2 aromatic rings. The van der Waals surface area contributed by atoms with Gasteiger partial charge in [-0.2, -0.15) is 0 Å². The van der Waals surface area contributed by atoms with Crippen molar-refractivity contribution in [3.05, 3.63) is 63.2 Å². The van der Waals surface area contributed by atoms with Crippen molar-refractivity contribution in [2.45, 2.75) is 88.8 Å². The Morgan fingerprint density at radius 2 is 1.06 bits per heavy atom. The topological polar surface area (TPSA) is 311 Å². The third-order valence-corrected chi connectivity index (χ3v) is 7.08. The highest BCUT2D eigenvalue weighted by Crippen LogP contribution is 2.20. The van der Waals surface area contributed by atoms with E-state index in [9.17, 15) is 29.1 Å². The monoisotopic (exact) mass is 792 g/mol. The van der Waals surface area contributed by atoms with Crippen LogP contribution in [0.25, 0.3) is 0 Å². The van der Waals surface area contributed by atoms with E-state index in [4.69, 9.17) is 48.5 Å². The summed E-state index contributed by atoms with van der Waals surface area (Å²) in [7, 11) is 0. The van der Waals surface area contributed by atoms with Gasteiger partial charge in [-0.1, -0.05) is 55.7 Å². The first-order valence-corrected chi connectivity index (χ1v) is 16.2. The van der Waals surface area contributed by atoms with E-state index in [-0.39, 0.29) is 25.0 Å². The Bertz CT molecular complexity index is 1220. The largest absolute Gasteiger partial charge is 0.507 e. The van der Waals surface area contributed by atoms with Crippen molar-refractivity contribution in [1.29, 1.82) is 0 Å². The molecule has 0 saturated heterocycles. The molecule has 0 bridgehead atoms. The molecule has 0 aliphatic rings. The van der Waals surface area contributed by atoms with Crippen molar-refractivity contribution in [3.63, 3.8) is 0 Å². The number of carbonyl (C=O) groups is 5. The number of aromatic hydroxyl groups is 1. The van der Waals surface area contributed by atoms with Crippen LogP contribution in [0, 0.1) is 3.57 Å². The molecule has 0 aliphatic heterocycles. The van der Waals surface area contributed by atoms with Gasteiger partial charge in [-0.15, -0.1) is 0 Å². The third kappa shape index (κ3) is 27.3. The minimum atomic E-state index is -1.02. The third-order valence-electron chi connectivity index (χ3n) is 6.22. The smallest absolute Gasteiger partial charge is 0.320 e. The second-order valence-electron chi connectivity index (χ2n) is 10.5. The predicted octanol–water partition coefficient (Wildman–Crippen LogP) is 2.62. The molecule has 0 saturated carbocycles. The Hall–Kier alpha value is -3.84. The van der Waals surface area contributed by atoms with E-state index < -0.39 is 48.0 Å².